The fourth-order valence-electron chi connectivity index (χ4n) is 2.75. The number of halogens is 2. The van der Waals surface area contributed by atoms with E-state index in [1.807, 2.05) is 0 Å². The highest BCUT2D eigenvalue weighted by atomic mass is 19.2. The van der Waals surface area contributed by atoms with Gasteiger partial charge in [-0.15, -0.1) is 0 Å². The van der Waals surface area contributed by atoms with Crippen LogP contribution >= 0.6 is 0 Å². The lowest BCUT2D eigenvalue weighted by molar-refractivity contribution is 0.0730. The molecular weight excluding hydrogens is 318 g/mol. The minimum Gasteiger partial charge on any atom is -0.336 e. The van der Waals surface area contributed by atoms with E-state index >= 15 is 0 Å². The number of rotatable bonds is 3. The Balaban J connectivity index is 1.70. The van der Waals surface area contributed by atoms with Crippen LogP contribution in [-0.2, 0) is 0 Å². The van der Waals surface area contributed by atoms with Gasteiger partial charge < -0.3 is 20.9 Å². The Kier molecular flexibility index (Phi) is 4.94. The zero-order valence-corrected chi connectivity index (χ0v) is 13.2. The Morgan fingerprint density at radius 2 is 1.83 bits per heavy atom. The summed E-state index contributed by atoms with van der Waals surface area (Å²) in [7, 11) is 0. The van der Waals surface area contributed by atoms with Gasteiger partial charge in [0.25, 0.3) is 5.91 Å². The second kappa shape index (κ2) is 7.12. The summed E-state index contributed by atoms with van der Waals surface area (Å²) < 4.78 is 28.4. The molecule has 2 aliphatic rings. The molecule has 0 bridgehead atoms. The van der Waals surface area contributed by atoms with Crippen molar-refractivity contribution < 1.29 is 18.4 Å². The Bertz CT molecular complexity index is 643. The topological polar surface area (TPSA) is 73.5 Å². The molecule has 3 N–H and O–H groups in total. The van der Waals surface area contributed by atoms with E-state index in [9.17, 15) is 18.4 Å². The Hall–Kier alpha value is -2.22. The van der Waals surface area contributed by atoms with Crippen LogP contribution in [0.4, 0.5) is 19.3 Å². The van der Waals surface area contributed by atoms with Gasteiger partial charge in [-0.2, -0.15) is 0 Å². The summed E-state index contributed by atoms with van der Waals surface area (Å²) in [6.07, 6.45) is 2.83. The summed E-state index contributed by atoms with van der Waals surface area (Å²) in [5, 5.41) is 8.06. The maximum atomic E-state index is 14.2. The van der Waals surface area contributed by atoms with E-state index in [0.29, 0.717) is 26.2 Å². The number of benzene rings is 1. The van der Waals surface area contributed by atoms with Gasteiger partial charge in [0.05, 0.1) is 11.3 Å². The van der Waals surface area contributed by atoms with E-state index in [-0.39, 0.29) is 17.3 Å². The lowest BCUT2D eigenvalue weighted by Crippen LogP contribution is -2.46. The van der Waals surface area contributed by atoms with Gasteiger partial charge in [-0.3, -0.25) is 4.79 Å². The van der Waals surface area contributed by atoms with Crippen LogP contribution < -0.4 is 16.0 Å². The molecule has 1 saturated carbocycles. The molecular formula is C16H20F2N4O2. The average molecular weight is 338 g/mol. The largest absolute Gasteiger partial charge is 0.336 e. The number of piperazine rings is 1. The maximum Gasteiger partial charge on any atom is 0.319 e. The van der Waals surface area contributed by atoms with Crippen molar-refractivity contribution in [1.29, 1.82) is 0 Å². The van der Waals surface area contributed by atoms with E-state index < -0.39 is 23.6 Å². The number of amides is 3. The van der Waals surface area contributed by atoms with Crippen molar-refractivity contribution in [3.63, 3.8) is 0 Å². The van der Waals surface area contributed by atoms with Crippen LogP contribution in [-0.4, -0.2) is 49.1 Å². The molecule has 3 rings (SSSR count). The lowest BCUT2D eigenvalue weighted by atomic mass is 9.93. The number of anilines is 1. The molecule has 8 heteroatoms. The first kappa shape index (κ1) is 16.6. The monoisotopic (exact) mass is 338 g/mol. The van der Waals surface area contributed by atoms with Crippen molar-refractivity contribution >= 4 is 17.6 Å². The molecule has 6 nitrogen and oxygen atoms in total. The molecule has 0 unspecified atom stereocenters. The number of hydrogen-bond acceptors (Lipinski definition) is 3. The van der Waals surface area contributed by atoms with Gasteiger partial charge >= 0.3 is 6.03 Å². The summed E-state index contributed by atoms with van der Waals surface area (Å²) in [4.78, 5) is 25.5. The summed E-state index contributed by atoms with van der Waals surface area (Å²) in [6.45, 7) is 2.14. The molecule has 1 aliphatic carbocycles. The van der Waals surface area contributed by atoms with Crippen molar-refractivity contribution in [1.82, 2.24) is 15.5 Å². The minimum absolute atomic E-state index is 0.0893. The summed E-state index contributed by atoms with van der Waals surface area (Å²) in [5.74, 6) is -3.00. The van der Waals surface area contributed by atoms with Crippen molar-refractivity contribution in [2.45, 2.75) is 25.3 Å². The highest BCUT2D eigenvalue weighted by Crippen LogP contribution is 2.23. The van der Waals surface area contributed by atoms with Crippen LogP contribution in [0.2, 0.25) is 0 Å². The van der Waals surface area contributed by atoms with Crippen molar-refractivity contribution in [2.24, 2.45) is 0 Å². The van der Waals surface area contributed by atoms with E-state index in [1.54, 1.807) is 0 Å². The first-order chi connectivity index (χ1) is 11.6. The van der Waals surface area contributed by atoms with Crippen LogP contribution in [0.3, 0.4) is 0 Å². The Labute approximate surface area is 138 Å². The van der Waals surface area contributed by atoms with Crippen LogP contribution in [0, 0.1) is 11.6 Å². The molecule has 1 aromatic rings. The molecule has 1 heterocycles. The molecule has 2 fully saturated rings. The highest BCUT2D eigenvalue weighted by molar-refractivity contribution is 5.96. The van der Waals surface area contributed by atoms with Crippen molar-refractivity contribution in [3.05, 3.63) is 29.3 Å². The minimum atomic E-state index is -1.24. The molecule has 0 aromatic heterocycles. The molecule has 1 saturated heterocycles. The van der Waals surface area contributed by atoms with Crippen LogP contribution in [0.5, 0.6) is 0 Å². The van der Waals surface area contributed by atoms with Gasteiger partial charge in [0, 0.05) is 32.2 Å². The standard InChI is InChI=1S/C16H20F2N4O2/c17-13-11(15(23)22-8-6-19-7-9-22)4-5-12(14(13)18)21-16(24)20-10-2-1-3-10/h4-5,10,19H,1-3,6-9H2,(H2,20,21,24). The van der Waals surface area contributed by atoms with E-state index in [0.717, 1.165) is 19.3 Å². The van der Waals surface area contributed by atoms with Crippen molar-refractivity contribution in [2.75, 3.05) is 31.5 Å². The Morgan fingerprint density at radius 1 is 1.12 bits per heavy atom. The van der Waals surface area contributed by atoms with E-state index in [2.05, 4.69) is 16.0 Å². The van der Waals surface area contributed by atoms with Crippen molar-refractivity contribution in [3.8, 4) is 0 Å². The summed E-state index contributed by atoms with van der Waals surface area (Å²) in [5.41, 5.74) is -0.597. The average Bonchev–Trinajstić information content (AvgIpc) is 2.56. The quantitative estimate of drug-likeness (QED) is 0.785. The molecule has 1 aliphatic heterocycles. The Morgan fingerprint density at radius 3 is 2.46 bits per heavy atom. The SMILES string of the molecule is O=C(Nc1ccc(C(=O)N2CCNCC2)c(F)c1F)NC1CCC1. The third-order valence-electron chi connectivity index (χ3n) is 4.41. The van der Waals surface area contributed by atoms with Gasteiger partial charge in [-0.05, 0) is 31.4 Å². The number of nitrogens with one attached hydrogen (secondary N) is 3. The molecule has 0 spiro atoms. The number of nitrogens with zero attached hydrogens (tertiary/aromatic N) is 1. The van der Waals surface area contributed by atoms with Gasteiger partial charge in [0.15, 0.2) is 11.6 Å². The second-order valence-corrected chi connectivity index (χ2v) is 6.06. The predicted octanol–water partition coefficient (Wildman–Crippen LogP) is 1.68. The molecule has 130 valence electrons. The van der Waals surface area contributed by atoms with E-state index in [1.165, 1.54) is 17.0 Å². The van der Waals surface area contributed by atoms with Gasteiger partial charge in [0.2, 0.25) is 0 Å². The third-order valence-corrected chi connectivity index (χ3v) is 4.41. The number of urea groups is 1. The van der Waals surface area contributed by atoms with Gasteiger partial charge in [-0.1, -0.05) is 0 Å². The molecule has 3 amide bonds. The first-order valence-corrected chi connectivity index (χ1v) is 8.12. The number of carbonyl (C=O) groups excluding carboxylic acids is 2. The predicted molar refractivity (Wildman–Crippen MR) is 84.9 cm³/mol. The smallest absolute Gasteiger partial charge is 0.319 e. The first-order valence-electron chi connectivity index (χ1n) is 8.12. The number of carbonyl (C=O) groups is 2. The third kappa shape index (κ3) is 3.48. The van der Waals surface area contributed by atoms with Crippen LogP contribution in [0.1, 0.15) is 29.6 Å². The summed E-state index contributed by atoms with van der Waals surface area (Å²) >= 11 is 0. The highest BCUT2D eigenvalue weighted by Gasteiger charge is 2.25. The maximum absolute atomic E-state index is 14.2. The zero-order valence-electron chi connectivity index (χ0n) is 13.2. The van der Waals surface area contributed by atoms with E-state index in [4.69, 9.17) is 0 Å². The van der Waals surface area contributed by atoms with Gasteiger partial charge in [-0.25, -0.2) is 13.6 Å². The molecule has 1 aromatic carbocycles. The van der Waals surface area contributed by atoms with Crippen LogP contribution in [0.15, 0.2) is 12.1 Å². The molecule has 0 atom stereocenters. The van der Waals surface area contributed by atoms with Gasteiger partial charge in [0.1, 0.15) is 0 Å². The normalized spacial score (nSPS) is 18.0. The second-order valence-electron chi connectivity index (χ2n) is 6.06. The lowest BCUT2D eigenvalue weighted by Gasteiger charge is -2.28. The fraction of sp³-hybridized carbons (Fsp3) is 0.500. The fourth-order valence-corrected chi connectivity index (χ4v) is 2.75. The summed E-state index contributed by atoms with van der Waals surface area (Å²) in [6, 6.07) is 1.95. The number of hydrogen-bond donors (Lipinski definition) is 3. The molecule has 0 radical (unpaired) electrons. The molecule has 24 heavy (non-hydrogen) atoms. The van der Waals surface area contributed by atoms with Crippen LogP contribution in [0.25, 0.3) is 0 Å². The zero-order chi connectivity index (χ0) is 17.1.